The van der Waals surface area contributed by atoms with E-state index in [2.05, 4.69) is 0 Å². The molecule has 0 aromatic heterocycles. The van der Waals surface area contributed by atoms with Gasteiger partial charge in [-0.2, -0.15) is 0 Å². The minimum Gasteiger partial charge on any atom is -0.466 e. The second kappa shape index (κ2) is 70.8. The fourth-order valence-electron chi connectivity index (χ4n) is 12.3. The Hall–Kier alpha value is -2.65. The molecule has 512 valence electrons. The molecule has 0 saturated carbocycles. The summed E-state index contributed by atoms with van der Waals surface area (Å²) in [5.74, 6) is 0.0516. The molecule has 0 amide bonds. The van der Waals surface area contributed by atoms with Gasteiger partial charge in [-0.1, -0.05) is 334 Å². The smallest absolute Gasteiger partial charge is 0.305 e. The summed E-state index contributed by atoms with van der Waals surface area (Å²) in [5, 5.41) is 0. The van der Waals surface area contributed by atoms with Crippen LogP contribution in [0.2, 0.25) is 0 Å². The van der Waals surface area contributed by atoms with Crippen LogP contribution in [-0.4, -0.2) is 62.9 Å². The van der Waals surface area contributed by atoms with Crippen LogP contribution in [0.4, 0.5) is 0 Å². The summed E-state index contributed by atoms with van der Waals surface area (Å²) in [5.41, 5.74) is 0. The molecule has 5 fully saturated rings. The van der Waals surface area contributed by atoms with Gasteiger partial charge in [0.2, 0.25) is 0 Å². The van der Waals surface area contributed by atoms with Crippen molar-refractivity contribution >= 4 is 29.8 Å². The van der Waals surface area contributed by atoms with Crippen molar-refractivity contribution in [3.05, 3.63) is 0 Å². The lowest BCUT2D eigenvalue weighted by atomic mass is 10.0. The van der Waals surface area contributed by atoms with Gasteiger partial charge < -0.3 is 23.7 Å². The molecule has 0 aromatic rings. The highest BCUT2D eigenvalue weighted by Crippen LogP contribution is 2.20. The van der Waals surface area contributed by atoms with Crippen LogP contribution in [-0.2, 0) is 47.7 Å². The predicted octanol–water partition coefficient (Wildman–Crippen LogP) is 23.9. The van der Waals surface area contributed by atoms with Crippen molar-refractivity contribution in [1.29, 1.82) is 0 Å². The topological polar surface area (TPSA) is 132 Å². The maximum Gasteiger partial charge on any atom is 0.305 e. The Labute approximate surface area is 538 Å². The normalized spacial score (nSPS) is 23.0. The number of carbonyl (C=O) groups is 5. The van der Waals surface area contributed by atoms with Gasteiger partial charge in [0.15, 0.2) is 0 Å². The second-order valence-corrected chi connectivity index (χ2v) is 26.8. The molecular weight excluding hydrogens is 1080 g/mol. The van der Waals surface area contributed by atoms with Crippen LogP contribution in [0.25, 0.3) is 0 Å². The lowest BCUT2D eigenvalue weighted by Crippen LogP contribution is -2.06. The average molecular weight is 1230 g/mol. The van der Waals surface area contributed by atoms with Crippen LogP contribution in [0.15, 0.2) is 0 Å². The first-order valence-corrected chi connectivity index (χ1v) is 38.8. The summed E-state index contributed by atoms with van der Waals surface area (Å²) in [6.45, 7) is 3.19. The van der Waals surface area contributed by atoms with E-state index in [0.717, 1.165) is 64.2 Å². The number of cyclic esters (lactones) is 5. The summed E-state index contributed by atoms with van der Waals surface area (Å²) in [4.78, 5) is 56.7. The predicted molar refractivity (Wildman–Crippen MR) is 364 cm³/mol. The maximum atomic E-state index is 11.7. The molecular formula is C77H144O10. The first-order valence-electron chi connectivity index (χ1n) is 38.8. The average Bonchev–Trinajstić information content (AvgIpc) is 3.54. The molecule has 0 bridgehead atoms. The van der Waals surface area contributed by atoms with Crippen molar-refractivity contribution in [2.75, 3.05) is 33.0 Å². The maximum absolute atomic E-state index is 11.7. The first-order chi connectivity index (χ1) is 43.0. The molecule has 0 atom stereocenters. The van der Waals surface area contributed by atoms with Gasteiger partial charge >= 0.3 is 29.8 Å². The molecule has 10 nitrogen and oxygen atoms in total. The van der Waals surface area contributed by atoms with Crippen molar-refractivity contribution in [1.82, 2.24) is 0 Å². The van der Waals surface area contributed by atoms with E-state index in [-0.39, 0.29) is 29.8 Å². The molecule has 5 aliphatic heterocycles. The largest absolute Gasteiger partial charge is 0.466 e. The molecule has 5 rings (SSSR count). The van der Waals surface area contributed by atoms with Gasteiger partial charge in [0.1, 0.15) is 0 Å². The Morgan fingerprint density at radius 2 is 0.195 bits per heavy atom. The van der Waals surface area contributed by atoms with Crippen LogP contribution >= 0.6 is 0 Å². The van der Waals surface area contributed by atoms with Crippen LogP contribution in [0.1, 0.15) is 430 Å². The number of esters is 5. The van der Waals surface area contributed by atoms with E-state index in [4.69, 9.17) is 23.7 Å². The zero-order chi connectivity index (χ0) is 62.3. The van der Waals surface area contributed by atoms with E-state index >= 15 is 0 Å². The van der Waals surface area contributed by atoms with Crippen LogP contribution in [0.5, 0.6) is 0 Å². The second-order valence-electron chi connectivity index (χ2n) is 26.8. The van der Waals surface area contributed by atoms with E-state index < -0.39 is 0 Å². The third kappa shape index (κ3) is 69.1. The van der Waals surface area contributed by atoms with E-state index in [0.29, 0.717) is 65.1 Å². The van der Waals surface area contributed by atoms with Crippen LogP contribution < -0.4 is 0 Å². The summed E-state index contributed by atoms with van der Waals surface area (Å²) < 4.78 is 26.0. The summed E-state index contributed by atoms with van der Waals surface area (Å²) in [6.07, 6.45) is 83.0. The van der Waals surface area contributed by atoms with Gasteiger partial charge in [0.25, 0.3) is 0 Å². The summed E-state index contributed by atoms with van der Waals surface area (Å²) in [6, 6.07) is 0. The fourth-order valence-corrected chi connectivity index (χ4v) is 12.3. The molecule has 0 spiro atoms. The first kappa shape index (κ1) is 82.4. The highest BCUT2D eigenvalue weighted by Gasteiger charge is 2.09. The zero-order valence-electron chi connectivity index (χ0n) is 57.5. The molecule has 0 aliphatic carbocycles. The lowest BCUT2D eigenvalue weighted by Gasteiger charge is -2.07. The van der Waals surface area contributed by atoms with E-state index in [1.54, 1.807) is 0 Å². The van der Waals surface area contributed by atoms with Gasteiger partial charge in [-0.25, -0.2) is 0 Å². The van der Waals surface area contributed by atoms with E-state index in [1.807, 2.05) is 0 Å². The van der Waals surface area contributed by atoms with Gasteiger partial charge in [-0.3, -0.25) is 24.0 Å². The Kier molecular flexibility index (Phi) is 67.0. The molecule has 0 N–H and O–H groups in total. The molecule has 87 heavy (non-hydrogen) atoms. The molecule has 0 radical (unpaired) electrons. The molecule has 5 heterocycles. The SMILES string of the molecule is O=C1CCCCCCCCCCCCCCCCCCCCCCO1.O=C1CCCCCCCCCCCCCCCO1.O=C1CCCCCCCCCCCCCCO1.O=C1CCCCCCCCCCCO1.O=C1CCCCCCCCCCO1. The minimum atomic E-state index is 0.000531. The van der Waals surface area contributed by atoms with E-state index in [9.17, 15) is 24.0 Å². The number of hydrogen-bond donors (Lipinski definition) is 0. The standard InChI is InChI=1S/C23H44O2.C16H30O2.C15H28O2.C12H22O2.C11H20O2/c24-23-21-19-17-15-13-11-9-7-5-3-1-2-4-6-8-10-12-14-16-18-20-22-25-23;17-16-14-12-10-8-6-4-2-1-3-5-7-9-11-13-15-18-16;16-15-13-11-9-7-5-3-1-2-4-6-8-10-12-14-17-15;13-12-10-8-6-4-2-1-3-5-7-9-11-14-12;12-11-9-7-5-3-1-2-4-6-8-10-13-11/h1-22H2;1-15H2;1-14H2;1-11H2;1-10H2. The van der Waals surface area contributed by atoms with Crippen LogP contribution in [0.3, 0.4) is 0 Å². The van der Waals surface area contributed by atoms with Crippen molar-refractivity contribution in [2.45, 2.75) is 430 Å². The quantitative estimate of drug-likeness (QED) is 0.171. The van der Waals surface area contributed by atoms with E-state index in [1.165, 1.54) is 334 Å². The monoisotopic (exact) mass is 1230 g/mol. The Morgan fingerprint density at radius 3 is 0.299 bits per heavy atom. The van der Waals surface area contributed by atoms with Gasteiger partial charge in [-0.15, -0.1) is 0 Å². The summed E-state index contributed by atoms with van der Waals surface area (Å²) in [7, 11) is 0. The van der Waals surface area contributed by atoms with Gasteiger partial charge in [-0.05, 0) is 64.2 Å². The summed E-state index contributed by atoms with van der Waals surface area (Å²) >= 11 is 0. The Bertz CT molecular complexity index is 1370. The van der Waals surface area contributed by atoms with Gasteiger partial charge in [0, 0.05) is 32.1 Å². The highest BCUT2D eigenvalue weighted by atomic mass is 16.5. The number of rotatable bonds is 0. The third-order valence-corrected chi connectivity index (χ3v) is 18.2. The van der Waals surface area contributed by atoms with Crippen molar-refractivity contribution in [3.8, 4) is 0 Å². The lowest BCUT2D eigenvalue weighted by molar-refractivity contribution is -0.144. The zero-order valence-corrected chi connectivity index (χ0v) is 57.5. The van der Waals surface area contributed by atoms with Gasteiger partial charge in [0.05, 0.1) is 33.0 Å². The Morgan fingerprint density at radius 1 is 0.115 bits per heavy atom. The number of carbonyl (C=O) groups excluding carboxylic acids is 5. The highest BCUT2D eigenvalue weighted by molar-refractivity contribution is 5.70. The molecule has 10 heteroatoms. The fraction of sp³-hybridized carbons (Fsp3) is 0.935. The number of ether oxygens (including phenoxy) is 5. The Balaban J connectivity index is 0.000000554. The molecule has 0 aromatic carbocycles. The molecule has 5 saturated heterocycles. The molecule has 5 aliphatic rings. The molecule has 0 unspecified atom stereocenters. The van der Waals surface area contributed by atoms with Crippen molar-refractivity contribution in [2.24, 2.45) is 0 Å². The van der Waals surface area contributed by atoms with Crippen LogP contribution in [0, 0.1) is 0 Å². The third-order valence-electron chi connectivity index (χ3n) is 18.2. The van der Waals surface area contributed by atoms with Crippen molar-refractivity contribution in [3.63, 3.8) is 0 Å². The number of hydrogen-bond acceptors (Lipinski definition) is 10. The minimum absolute atomic E-state index is 0.000531. The van der Waals surface area contributed by atoms with Crippen molar-refractivity contribution < 1.29 is 47.7 Å².